The number of nitrogens with zero attached hydrogens (tertiary/aromatic N) is 3. The van der Waals surface area contributed by atoms with Crippen LogP contribution in [-0.2, 0) is 19.5 Å². The summed E-state index contributed by atoms with van der Waals surface area (Å²) in [6, 6.07) is 2.74. The van der Waals surface area contributed by atoms with Gasteiger partial charge in [0.2, 0.25) is 5.89 Å². The Labute approximate surface area is 129 Å². The number of hydrogen-bond acceptors (Lipinski definition) is 6. The Hall–Kier alpha value is -1.24. The summed E-state index contributed by atoms with van der Waals surface area (Å²) in [5, 5.41) is 12.0. The van der Waals surface area contributed by atoms with E-state index >= 15 is 0 Å². The molecule has 0 unspecified atom stereocenters. The Morgan fingerprint density at radius 3 is 3.24 bits per heavy atom. The van der Waals surface area contributed by atoms with Gasteiger partial charge in [-0.15, -0.1) is 0 Å². The molecule has 5 nitrogen and oxygen atoms in total. The standard InChI is InChI=1S/C15H22N4OS/c1-2-15-17-14(18-20-15)10-19-6-3-4-13(9-19)16-8-12-5-7-21-11-12/h5,7,11,13,16H,2-4,6,8-10H2,1H3/t13-/m0/s1. The van der Waals surface area contributed by atoms with E-state index in [0.717, 1.165) is 44.3 Å². The van der Waals surface area contributed by atoms with Crippen LogP contribution < -0.4 is 5.32 Å². The van der Waals surface area contributed by atoms with E-state index in [1.807, 2.05) is 6.92 Å². The Morgan fingerprint density at radius 1 is 1.52 bits per heavy atom. The summed E-state index contributed by atoms with van der Waals surface area (Å²) < 4.78 is 5.18. The third-order valence-electron chi connectivity index (χ3n) is 3.86. The van der Waals surface area contributed by atoms with Crippen molar-refractivity contribution in [2.45, 2.75) is 45.3 Å². The molecule has 0 amide bonds. The van der Waals surface area contributed by atoms with Crippen molar-refractivity contribution < 1.29 is 4.52 Å². The molecule has 3 rings (SSSR count). The second-order valence-electron chi connectivity index (χ2n) is 5.54. The van der Waals surface area contributed by atoms with E-state index in [4.69, 9.17) is 4.52 Å². The second-order valence-corrected chi connectivity index (χ2v) is 6.32. The number of aryl methyl sites for hydroxylation is 1. The number of nitrogens with one attached hydrogen (secondary N) is 1. The van der Waals surface area contributed by atoms with Gasteiger partial charge in [-0.05, 0) is 41.8 Å². The molecule has 3 heterocycles. The largest absolute Gasteiger partial charge is 0.339 e. The first-order valence-corrected chi connectivity index (χ1v) is 8.56. The van der Waals surface area contributed by atoms with Crippen molar-refractivity contribution in [3.63, 3.8) is 0 Å². The smallest absolute Gasteiger partial charge is 0.226 e. The molecular weight excluding hydrogens is 284 g/mol. The molecule has 114 valence electrons. The third kappa shape index (κ3) is 4.12. The second kappa shape index (κ2) is 7.15. The lowest BCUT2D eigenvalue weighted by Gasteiger charge is -2.32. The predicted octanol–water partition coefficient (Wildman–Crippen LogP) is 2.45. The highest BCUT2D eigenvalue weighted by molar-refractivity contribution is 7.07. The molecule has 0 radical (unpaired) electrons. The first-order chi connectivity index (χ1) is 10.3. The van der Waals surface area contributed by atoms with Crippen molar-refractivity contribution in [3.05, 3.63) is 34.1 Å². The Kier molecular flexibility index (Phi) is 5.00. The number of rotatable bonds is 6. The minimum atomic E-state index is 0.552. The van der Waals surface area contributed by atoms with Crippen LogP contribution in [0.1, 0.15) is 37.0 Å². The summed E-state index contributed by atoms with van der Waals surface area (Å²) in [5.74, 6) is 1.54. The topological polar surface area (TPSA) is 54.2 Å². The zero-order valence-electron chi connectivity index (χ0n) is 12.4. The lowest BCUT2D eigenvalue weighted by Crippen LogP contribution is -2.45. The van der Waals surface area contributed by atoms with Gasteiger partial charge in [-0.2, -0.15) is 16.3 Å². The Morgan fingerprint density at radius 2 is 2.48 bits per heavy atom. The van der Waals surface area contributed by atoms with E-state index in [9.17, 15) is 0 Å². The van der Waals surface area contributed by atoms with Gasteiger partial charge < -0.3 is 9.84 Å². The van der Waals surface area contributed by atoms with Crippen LogP contribution in [0, 0.1) is 0 Å². The fourth-order valence-electron chi connectivity index (χ4n) is 2.72. The molecule has 21 heavy (non-hydrogen) atoms. The van der Waals surface area contributed by atoms with Crippen molar-refractivity contribution >= 4 is 11.3 Å². The Bertz CT molecular complexity index is 540. The van der Waals surface area contributed by atoms with Crippen LogP contribution in [0.5, 0.6) is 0 Å². The average Bonchev–Trinajstić information content (AvgIpc) is 3.17. The average molecular weight is 306 g/mol. The molecule has 2 aromatic rings. The van der Waals surface area contributed by atoms with Gasteiger partial charge in [0, 0.05) is 25.6 Å². The van der Waals surface area contributed by atoms with Crippen LogP contribution in [-0.4, -0.2) is 34.2 Å². The van der Waals surface area contributed by atoms with Crippen LogP contribution in [0.2, 0.25) is 0 Å². The molecule has 0 aromatic carbocycles. The molecular formula is C15H22N4OS. The van der Waals surface area contributed by atoms with E-state index in [2.05, 4.69) is 37.2 Å². The Balaban J connectivity index is 1.48. The zero-order chi connectivity index (χ0) is 14.5. The van der Waals surface area contributed by atoms with E-state index < -0.39 is 0 Å². The van der Waals surface area contributed by atoms with E-state index in [1.54, 1.807) is 11.3 Å². The summed E-state index contributed by atoms with van der Waals surface area (Å²) in [4.78, 5) is 6.81. The summed E-state index contributed by atoms with van der Waals surface area (Å²) in [6.45, 7) is 5.96. The third-order valence-corrected chi connectivity index (χ3v) is 4.59. The molecule has 1 aliphatic rings. The molecule has 0 aliphatic carbocycles. The normalized spacial score (nSPS) is 20.0. The van der Waals surface area contributed by atoms with Gasteiger partial charge >= 0.3 is 0 Å². The van der Waals surface area contributed by atoms with Crippen molar-refractivity contribution in [1.29, 1.82) is 0 Å². The maximum Gasteiger partial charge on any atom is 0.226 e. The molecule has 0 spiro atoms. The summed E-state index contributed by atoms with van der Waals surface area (Å²) in [7, 11) is 0. The maximum absolute atomic E-state index is 5.18. The van der Waals surface area contributed by atoms with E-state index in [0.29, 0.717) is 6.04 Å². The molecule has 0 bridgehead atoms. The lowest BCUT2D eigenvalue weighted by atomic mass is 10.1. The van der Waals surface area contributed by atoms with E-state index in [1.165, 1.54) is 18.4 Å². The van der Waals surface area contributed by atoms with Gasteiger partial charge in [-0.25, -0.2) is 0 Å². The van der Waals surface area contributed by atoms with Crippen molar-refractivity contribution in [2.24, 2.45) is 0 Å². The van der Waals surface area contributed by atoms with Gasteiger partial charge in [0.1, 0.15) is 0 Å². The van der Waals surface area contributed by atoms with Gasteiger partial charge in [0.25, 0.3) is 0 Å². The predicted molar refractivity (Wildman–Crippen MR) is 83.1 cm³/mol. The van der Waals surface area contributed by atoms with Crippen molar-refractivity contribution in [2.75, 3.05) is 13.1 Å². The first-order valence-electron chi connectivity index (χ1n) is 7.61. The molecule has 1 atom stereocenters. The number of piperidine rings is 1. The molecule has 6 heteroatoms. The number of aromatic nitrogens is 2. The summed E-state index contributed by atoms with van der Waals surface area (Å²) in [6.07, 6.45) is 3.27. The van der Waals surface area contributed by atoms with E-state index in [-0.39, 0.29) is 0 Å². The van der Waals surface area contributed by atoms with Crippen LogP contribution >= 0.6 is 11.3 Å². The van der Waals surface area contributed by atoms with Crippen LogP contribution in [0.25, 0.3) is 0 Å². The molecule has 1 saturated heterocycles. The minimum absolute atomic E-state index is 0.552. The first kappa shape index (κ1) is 14.7. The molecule has 0 saturated carbocycles. The van der Waals surface area contributed by atoms with Gasteiger partial charge in [0.05, 0.1) is 6.54 Å². The lowest BCUT2D eigenvalue weighted by molar-refractivity contribution is 0.177. The summed E-state index contributed by atoms with van der Waals surface area (Å²) >= 11 is 1.76. The van der Waals surface area contributed by atoms with Gasteiger partial charge in [0.15, 0.2) is 5.82 Å². The van der Waals surface area contributed by atoms with Crippen LogP contribution in [0.3, 0.4) is 0 Å². The quantitative estimate of drug-likeness (QED) is 0.888. The number of likely N-dealkylation sites (tertiary alicyclic amines) is 1. The summed E-state index contributed by atoms with van der Waals surface area (Å²) in [5.41, 5.74) is 1.38. The molecule has 1 fully saturated rings. The van der Waals surface area contributed by atoms with Crippen molar-refractivity contribution in [3.8, 4) is 0 Å². The minimum Gasteiger partial charge on any atom is -0.339 e. The number of thiophene rings is 1. The monoisotopic (exact) mass is 306 g/mol. The highest BCUT2D eigenvalue weighted by Crippen LogP contribution is 2.14. The zero-order valence-corrected chi connectivity index (χ0v) is 13.2. The molecule has 1 N–H and O–H groups in total. The fraction of sp³-hybridized carbons (Fsp3) is 0.600. The molecule has 1 aliphatic heterocycles. The van der Waals surface area contributed by atoms with Gasteiger partial charge in [-0.3, -0.25) is 4.90 Å². The maximum atomic E-state index is 5.18. The van der Waals surface area contributed by atoms with Gasteiger partial charge in [-0.1, -0.05) is 12.1 Å². The fourth-order valence-corrected chi connectivity index (χ4v) is 3.39. The highest BCUT2D eigenvalue weighted by Gasteiger charge is 2.21. The van der Waals surface area contributed by atoms with Crippen molar-refractivity contribution in [1.82, 2.24) is 20.4 Å². The number of hydrogen-bond donors (Lipinski definition) is 1. The SMILES string of the molecule is CCc1nc(CN2CCC[C@H](NCc3ccsc3)C2)no1. The molecule has 2 aromatic heterocycles. The van der Waals surface area contributed by atoms with Crippen LogP contribution in [0.4, 0.5) is 0 Å². The van der Waals surface area contributed by atoms with Crippen LogP contribution in [0.15, 0.2) is 21.3 Å². The highest BCUT2D eigenvalue weighted by atomic mass is 32.1.